The zero-order chi connectivity index (χ0) is 9.97. The zero-order valence-electron chi connectivity index (χ0n) is 8.53. The van der Waals surface area contributed by atoms with E-state index in [0.717, 1.165) is 19.5 Å². The fourth-order valence-electron chi connectivity index (χ4n) is 1.78. The molecule has 1 aromatic heterocycles. The van der Waals surface area contributed by atoms with Gasteiger partial charge in [-0.05, 0) is 43.5 Å². The van der Waals surface area contributed by atoms with Crippen LogP contribution in [0.25, 0.3) is 10.9 Å². The van der Waals surface area contributed by atoms with Crippen molar-refractivity contribution in [1.82, 2.24) is 4.57 Å². The Labute approximate surface area is 84.3 Å². The highest BCUT2D eigenvalue weighted by atomic mass is 14.9. The van der Waals surface area contributed by atoms with Gasteiger partial charge in [-0.25, -0.2) is 0 Å². The van der Waals surface area contributed by atoms with Crippen LogP contribution >= 0.6 is 0 Å². The molecule has 0 aliphatic carbocycles. The van der Waals surface area contributed by atoms with Crippen molar-refractivity contribution in [3.63, 3.8) is 0 Å². The van der Waals surface area contributed by atoms with Gasteiger partial charge in [0, 0.05) is 18.3 Å². The Morgan fingerprint density at radius 3 is 2.93 bits per heavy atom. The number of aryl methyl sites for hydroxylation is 2. The van der Waals surface area contributed by atoms with Crippen molar-refractivity contribution >= 4 is 10.9 Å². The quantitative estimate of drug-likeness (QED) is 0.787. The van der Waals surface area contributed by atoms with E-state index >= 15 is 0 Å². The van der Waals surface area contributed by atoms with E-state index in [9.17, 15) is 0 Å². The summed E-state index contributed by atoms with van der Waals surface area (Å²) in [5.41, 5.74) is 8.12. The van der Waals surface area contributed by atoms with E-state index in [1.165, 1.54) is 16.5 Å². The summed E-state index contributed by atoms with van der Waals surface area (Å²) in [5.74, 6) is 0. The molecule has 1 aromatic carbocycles. The van der Waals surface area contributed by atoms with Crippen LogP contribution in [0.4, 0.5) is 0 Å². The van der Waals surface area contributed by atoms with Crippen molar-refractivity contribution in [2.75, 3.05) is 6.54 Å². The predicted octanol–water partition coefficient (Wildman–Crippen LogP) is 2.30. The summed E-state index contributed by atoms with van der Waals surface area (Å²) in [7, 11) is 0. The Bertz CT molecular complexity index is 429. The van der Waals surface area contributed by atoms with E-state index in [1.807, 2.05) is 0 Å². The second-order valence-electron chi connectivity index (χ2n) is 3.71. The normalized spacial score (nSPS) is 11.0. The number of benzene rings is 1. The lowest BCUT2D eigenvalue weighted by Gasteiger charge is -2.03. The first kappa shape index (κ1) is 9.28. The van der Waals surface area contributed by atoms with Crippen LogP contribution in [0.15, 0.2) is 30.5 Å². The highest BCUT2D eigenvalue weighted by molar-refractivity contribution is 5.80. The average Bonchev–Trinajstić information content (AvgIpc) is 2.57. The first-order chi connectivity index (χ1) is 6.81. The van der Waals surface area contributed by atoms with Gasteiger partial charge >= 0.3 is 0 Å². The number of aromatic nitrogens is 1. The van der Waals surface area contributed by atoms with Gasteiger partial charge in [-0.1, -0.05) is 11.6 Å². The number of hydrogen-bond donors (Lipinski definition) is 1. The SMILES string of the molecule is Cc1ccc2c(ccn2CCCN)c1. The van der Waals surface area contributed by atoms with E-state index in [0.29, 0.717) is 0 Å². The van der Waals surface area contributed by atoms with Crippen LogP contribution < -0.4 is 5.73 Å². The number of nitrogens with two attached hydrogens (primary N) is 1. The maximum atomic E-state index is 5.50. The highest BCUT2D eigenvalue weighted by Crippen LogP contribution is 2.17. The third-order valence-corrected chi connectivity index (χ3v) is 2.53. The molecule has 0 aliphatic rings. The van der Waals surface area contributed by atoms with E-state index < -0.39 is 0 Å². The summed E-state index contributed by atoms with van der Waals surface area (Å²) in [6, 6.07) is 8.72. The molecule has 74 valence electrons. The Hall–Kier alpha value is -1.28. The van der Waals surface area contributed by atoms with Crippen molar-refractivity contribution in [1.29, 1.82) is 0 Å². The lowest BCUT2D eigenvalue weighted by atomic mass is 10.2. The lowest BCUT2D eigenvalue weighted by molar-refractivity contribution is 0.671. The van der Waals surface area contributed by atoms with Crippen LogP contribution in [0.1, 0.15) is 12.0 Å². The monoisotopic (exact) mass is 188 g/mol. The third-order valence-electron chi connectivity index (χ3n) is 2.53. The smallest absolute Gasteiger partial charge is 0.0480 e. The Kier molecular flexibility index (Phi) is 2.55. The van der Waals surface area contributed by atoms with Gasteiger partial charge in [-0.2, -0.15) is 0 Å². The summed E-state index contributed by atoms with van der Waals surface area (Å²) in [6.45, 7) is 3.89. The van der Waals surface area contributed by atoms with Gasteiger partial charge in [0.05, 0.1) is 0 Å². The van der Waals surface area contributed by atoms with Crippen molar-refractivity contribution in [3.8, 4) is 0 Å². The second-order valence-corrected chi connectivity index (χ2v) is 3.71. The largest absolute Gasteiger partial charge is 0.347 e. The molecule has 2 heteroatoms. The summed E-state index contributed by atoms with van der Waals surface area (Å²) in [5, 5.41) is 1.32. The van der Waals surface area contributed by atoms with Crippen molar-refractivity contribution in [3.05, 3.63) is 36.0 Å². The molecule has 0 bridgehead atoms. The summed E-state index contributed by atoms with van der Waals surface area (Å²) in [6.07, 6.45) is 3.18. The van der Waals surface area contributed by atoms with Gasteiger partial charge in [0.15, 0.2) is 0 Å². The molecule has 0 radical (unpaired) electrons. The molecule has 0 unspecified atom stereocenters. The topological polar surface area (TPSA) is 30.9 Å². The van der Waals surface area contributed by atoms with Crippen LogP contribution in [-0.2, 0) is 6.54 Å². The number of nitrogens with zero attached hydrogens (tertiary/aromatic N) is 1. The van der Waals surface area contributed by atoms with E-state index in [1.54, 1.807) is 0 Å². The molecule has 0 spiro atoms. The van der Waals surface area contributed by atoms with Crippen molar-refractivity contribution in [2.24, 2.45) is 5.73 Å². The van der Waals surface area contributed by atoms with E-state index in [2.05, 4.69) is 42.0 Å². The first-order valence-electron chi connectivity index (χ1n) is 5.07. The van der Waals surface area contributed by atoms with Gasteiger partial charge in [0.2, 0.25) is 0 Å². The second kappa shape index (κ2) is 3.84. The predicted molar refractivity (Wildman–Crippen MR) is 60.3 cm³/mol. The molecule has 1 heterocycles. The molecule has 14 heavy (non-hydrogen) atoms. The Morgan fingerprint density at radius 2 is 2.14 bits per heavy atom. The molecule has 0 aliphatic heterocycles. The van der Waals surface area contributed by atoms with Gasteiger partial charge < -0.3 is 10.3 Å². The first-order valence-corrected chi connectivity index (χ1v) is 5.07. The van der Waals surface area contributed by atoms with Gasteiger partial charge in [0.25, 0.3) is 0 Å². The summed E-state index contributed by atoms with van der Waals surface area (Å²) < 4.78 is 2.27. The molecular formula is C12H16N2. The summed E-state index contributed by atoms with van der Waals surface area (Å²) >= 11 is 0. The van der Waals surface area contributed by atoms with Crippen LogP contribution in [-0.4, -0.2) is 11.1 Å². The molecule has 2 rings (SSSR count). The van der Waals surface area contributed by atoms with E-state index in [4.69, 9.17) is 5.73 Å². The molecule has 2 aromatic rings. The number of hydrogen-bond acceptors (Lipinski definition) is 1. The van der Waals surface area contributed by atoms with Crippen molar-refractivity contribution in [2.45, 2.75) is 19.9 Å². The molecule has 2 N–H and O–H groups in total. The molecule has 0 amide bonds. The van der Waals surface area contributed by atoms with Crippen LogP contribution in [0.2, 0.25) is 0 Å². The highest BCUT2D eigenvalue weighted by Gasteiger charge is 1.99. The Morgan fingerprint density at radius 1 is 1.29 bits per heavy atom. The minimum Gasteiger partial charge on any atom is -0.347 e. The molecular weight excluding hydrogens is 172 g/mol. The minimum atomic E-state index is 0.755. The van der Waals surface area contributed by atoms with Gasteiger partial charge in [-0.15, -0.1) is 0 Å². The molecule has 0 saturated heterocycles. The fourth-order valence-corrected chi connectivity index (χ4v) is 1.78. The van der Waals surface area contributed by atoms with E-state index in [-0.39, 0.29) is 0 Å². The lowest BCUT2D eigenvalue weighted by Crippen LogP contribution is -2.04. The zero-order valence-corrected chi connectivity index (χ0v) is 8.53. The molecule has 2 nitrogen and oxygen atoms in total. The van der Waals surface area contributed by atoms with Crippen molar-refractivity contribution < 1.29 is 0 Å². The number of fused-ring (bicyclic) bond motifs is 1. The van der Waals surface area contributed by atoms with Gasteiger partial charge in [-0.3, -0.25) is 0 Å². The maximum Gasteiger partial charge on any atom is 0.0480 e. The molecule has 0 atom stereocenters. The van der Waals surface area contributed by atoms with Crippen LogP contribution in [0.3, 0.4) is 0 Å². The Balaban J connectivity index is 2.37. The number of rotatable bonds is 3. The summed E-state index contributed by atoms with van der Waals surface area (Å²) in [4.78, 5) is 0. The molecule has 0 saturated carbocycles. The van der Waals surface area contributed by atoms with Crippen LogP contribution in [0, 0.1) is 6.92 Å². The minimum absolute atomic E-state index is 0.755. The molecule has 0 fully saturated rings. The van der Waals surface area contributed by atoms with Gasteiger partial charge in [0.1, 0.15) is 0 Å². The fraction of sp³-hybridized carbons (Fsp3) is 0.333. The van der Waals surface area contributed by atoms with Crippen LogP contribution in [0.5, 0.6) is 0 Å². The average molecular weight is 188 g/mol. The maximum absolute atomic E-state index is 5.50. The standard InChI is InChI=1S/C12H16N2/c1-10-3-4-12-11(9-10)5-8-14(12)7-2-6-13/h3-5,8-9H,2,6-7,13H2,1H3. The third kappa shape index (κ3) is 1.66.